The van der Waals surface area contributed by atoms with E-state index in [1.807, 2.05) is 0 Å². The molecule has 2 aromatic rings. The smallest absolute Gasteiger partial charge is 0.323 e. The standard InChI is InChI=1S/C13H11ClFN3O/c14-11-6-1-8(15)7-12(11)18-13(19)17-10-4-2-9(16)3-5-10/h1-7H,16H2,(H2,17,18,19). The maximum atomic E-state index is 13.0. The van der Waals surface area contributed by atoms with Gasteiger partial charge in [0, 0.05) is 11.4 Å². The first-order valence-corrected chi connectivity index (χ1v) is 5.81. The molecule has 0 heterocycles. The Balaban J connectivity index is 2.05. The van der Waals surface area contributed by atoms with Crippen molar-refractivity contribution in [3.05, 3.63) is 53.3 Å². The first-order valence-electron chi connectivity index (χ1n) is 5.43. The molecule has 0 unspecified atom stereocenters. The van der Waals surface area contributed by atoms with Crippen molar-refractivity contribution in [2.45, 2.75) is 0 Å². The molecule has 0 aliphatic carbocycles. The first kappa shape index (κ1) is 13.2. The van der Waals surface area contributed by atoms with E-state index >= 15 is 0 Å². The number of carbonyl (C=O) groups is 1. The number of nitrogens with two attached hydrogens (primary N) is 1. The van der Waals surface area contributed by atoms with Crippen LogP contribution in [0.4, 0.5) is 26.2 Å². The second-order valence-electron chi connectivity index (χ2n) is 3.83. The number of hydrogen-bond donors (Lipinski definition) is 3. The van der Waals surface area contributed by atoms with E-state index in [1.165, 1.54) is 12.1 Å². The average molecular weight is 280 g/mol. The van der Waals surface area contributed by atoms with E-state index in [0.29, 0.717) is 11.4 Å². The van der Waals surface area contributed by atoms with Crippen molar-refractivity contribution in [2.24, 2.45) is 0 Å². The van der Waals surface area contributed by atoms with Crippen LogP contribution in [-0.2, 0) is 0 Å². The summed E-state index contributed by atoms with van der Waals surface area (Å²) in [5, 5.41) is 5.30. The van der Waals surface area contributed by atoms with Crippen LogP contribution in [0.25, 0.3) is 0 Å². The Hall–Kier alpha value is -2.27. The van der Waals surface area contributed by atoms with Crippen molar-refractivity contribution in [1.82, 2.24) is 0 Å². The molecule has 0 atom stereocenters. The summed E-state index contributed by atoms with van der Waals surface area (Å²) in [5.41, 5.74) is 6.90. The van der Waals surface area contributed by atoms with Crippen molar-refractivity contribution >= 4 is 34.7 Å². The number of nitrogens with one attached hydrogen (secondary N) is 2. The van der Waals surface area contributed by atoms with Crippen LogP contribution in [0.15, 0.2) is 42.5 Å². The molecule has 6 heteroatoms. The van der Waals surface area contributed by atoms with Gasteiger partial charge in [-0.2, -0.15) is 0 Å². The van der Waals surface area contributed by atoms with Gasteiger partial charge >= 0.3 is 6.03 Å². The molecule has 19 heavy (non-hydrogen) atoms. The third-order valence-electron chi connectivity index (χ3n) is 2.35. The van der Waals surface area contributed by atoms with E-state index in [2.05, 4.69) is 10.6 Å². The molecule has 0 saturated carbocycles. The maximum Gasteiger partial charge on any atom is 0.323 e. The van der Waals surface area contributed by atoms with Gasteiger partial charge in [0.15, 0.2) is 0 Å². The highest BCUT2D eigenvalue weighted by Crippen LogP contribution is 2.22. The van der Waals surface area contributed by atoms with Crippen LogP contribution in [0.3, 0.4) is 0 Å². The van der Waals surface area contributed by atoms with Crippen molar-refractivity contribution in [3.63, 3.8) is 0 Å². The Kier molecular flexibility index (Phi) is 3.87. The largest absolute Gasteiger partial charge is 0.399 e. The van der Waals surface area contributed by atoms with Gasteiger partial charge < -0.3 is 16.4 Å². The van der Waals surface area contributed by atoms with E-state index in [1.54, 1.807) is 24.3 Å². The fourth-order valence-corrected chi connectivity index (χ4v) is 1.61. The monoisotopic (exact) mass is 279 g/mol. The van der Waals surface area contributed by atoms with Gasteiger partial charge in [-0.05, 0) is 42.5 Å². The topological polar surface area (TPSA) is 67.1 Å². The number of nitrogen functional groups attached to an aromatic ring is 1. The Morgan fingerprint density at radius 3 is 2.47 bits per heavy atom. The average Bonchev–Trinajstić information content (AvgIpc) is 2.37. The van der Waals surface area contributed by atoms with Gasteiger partial charge in [0.1, 0.15) is 5.82 Å². The summed E-state index contributed by atoms with van der Waals surface area (Å²) >= 11 is 5.84. The fourth-order valence-electron chi connectivity index (χ4n) is 1.44. The molecule has 0 saturated heterocycles. The van der Waals surface area contributed by atoms with Crippen molar-refractivity contribution in [3.8, 4) is 0 Å². The highest BCUT2D eigenvalue weighted by atomic mass is 35.5. The van der Waals surface area contributed by atoms with Gasteiger partial charge in [0.2, 0.25) is 0 Å². The minimum Gasteiger partial charge on any atom is -0.399 e. The summed E-state index contributed by atoms with van der Waals surface area (Å²) in [6.07, 6.45) is 0. The van der Waals surface area contributed by atoms with E-state index in [-0.39, 0.29) is 10.7 Å². The van der Waals surface area contributed by atoms with Gasteiger partial charge in [0.25, 0.3) is 0 Å². The SMILES string of the molecule is Nc1ccc(NC(=O)Nc2cc(F)ccc2Cl)cc1. The third-order valence-corrected chi connectivity index (χ3v) is 2.67. The summed E-state index contributed by atoms with van der Waals surface area (Å²) in [7, 11) is 0. The number of halogens is 2. The van der Waals surface area contributed by atoms with Gasteiger partial charge in [-0.1, -0.05) is 11.6 Å². The quantitative estimate of drug-likeness (QED) is 0.734. The van der Waals surface area contributed by atoms with E-state index < -0.39 is 11.8 Å². The molecule has 2 amide bonds. The van der Waals surface area contributed by atoms with E-state index in [4.69, 9.17) is 17.3 Å². The Morgan fingerprint density at radius 1 is 1.11 bits per heavy atom. The highest BCUT2D eigenvalue weighted by Gasteiger charge is 2.07. The molecular formula is C13H11ClFN3O. The molecule has 0 spiro atoms. The molecule has 0 radical (unpaired) electrons. The van der Waals surface area contributed by atoms with Gasteiger partial charge in [-0.25, -0.2) is 9.18 Å². The first-order chi connectivity index (χ1) is 9.04. The van der Waals surface area contributed by atoms with Crippen molar-refractivity contribution in [2.75, 3.05) is 16.4 Å². The molecular weight excluding hydrogens is 269 g/mol. The second kappa shape index (κ2) is 5.58. The zero-order valence-electron chi connectivity index (χ0n) is 9.78. The van der Waals surface area contributed by atoms with Crippen LogP contribution in [0.1, 0.15) is 0 Å². The zero-order chi connectivity index (χ0) is 13.8. The van der Waals surface area contributed by atoms with E-state index in [0.717, 1.165) is 6.07 Å². The van der Waals surface area contributed by atoms with Crippen LogP contribution in [0.2, 0.25) is 5.02 Å². The lowest BCUT2D eigenvalue weighted by Gasteiger charge is -2.09. The lowest BCUT2D eigenvalue weighted by atomic mass is 10.3. The van der Waals surface area contributed by atoms with Crippen LogP contribution < -0.4 is 16.4 Å². The number of anilines is 3. The Bertz CT molecular complexity index is 601. The molecule has 0 bridgehead atoms. The maximum absolute atomic E-state index is 13.0. The number of rotatable bonds is 2. The molecule has 98 valence electrons. The molecule has 2 rings (SSSR count). The Labute approximate surface area is 114 Å². The second-order valence-corrected chi connectivity index (χ2v) is 4.23. The number of carbonyl (C=O) groups excluding carboxylic acids is 1. The van der Waals surface area contributed by atoms with Gasteiger partial charge in [-0.3, -0.25) is 0 Å². The highest BCUT2D eigenvalue weighted by molar-refractivity contribution is 6.33. The van der Waals surface area contributed by atoms with Crippen molar-refractivity contribution < 1.29 is 9.18 Å². The molecule has 0 aromatic heterocycles. The fraction of sp³-hybridized carbons (Fsp3) is 0. The molecule has 2 aromatic carbocycles. The van der Waals surface area contributed by atoms with Crippen LogP contribution in [0, 0.1) is 5.82 Å². The molecule has 0 fully saturated rings. The summed E-state index contributed by atoms with van der Waals surface area (Å²) in [4.78, 5) is 11.7. The van der Waals surface area contributed by atoms with Gasteiger partial charge in [-0.15, -0.1) is 0 Å². The number of benzene rings is 2. The van der Waals surface area contributed by atoms with Crippen LogP contribution in [0.5, 0.6) is 0 Å². The molecule has 4 N–H and O–H groups in total. The molecule has 0 aliphatic heterocycles. The summed E-state index contributed by atoms with van der Waals surface area (Å²) in [5.74, 6) is -0.479. The number of hydrogen-bond acceptors (Lipinski definition) is 2. The van der Waals surface area contributed by atoms with Gasteiger partial charge in [0.05, 0.1) is 10.7 Å². The minimum atomic E-state index is -0.516. The molecule has 0 aliphatic rings. The number of urea groups is 1. The lowest BCUT2D eigenvalue weighted by molar-refractivity contribution is 0.262. The third kappa shape index (κ3) is 3.59. The summed E-state index contributed by atoms with van der Waals surface area (Å²) in [6, 6.07) is 9.84. The molecule has 4 nitrogen and oxygen atoms in total. The zero-order valence-corrected chi connectivity index (χ0v) is 10.5. The van der Waals surface area contributed by atoms with Crippen LogP contribution >= 0.6 is 11.6 Å². The predicted molar refractivity (Wildman–Crippen MR) is 74.9 cm³/mol. The van der Waals surface area contributed by atoms with Crippen LogP contribution in [-0.4, -0.2) is 6.03 Å². The van der Waals surface area contributed by atoms with E-state index in [9.17, 15) is 9.18 Å². The van der Waals surface area contributed by atoms with Crippen molar-refractivity contribution in [1.29, 1.82) is 0 Å². The number of amides is 2. The summed E-state index contributed by atoms with van der Waals surface area (Å²) in [6.45, 7) is 0. The Morgan fingerprint density at radius 2 is 1.79 bits per heavy atom. The normalized spacial score (nSPS) is 10.0. The minimum absolute atomic E-state index is 0.203. The lowest BCUT2D eigenvalue weighted by Crippen LogP contribution is -2.19. The predicted octanol–water partition coefficient (Wildman–Crippen LogP) is 3.71. The summed E-state index contributed by atoms with van der Waals surface area (Å²) < 4.78 is 13.0.